The Hall–Kier alpha value is -2.34. The van der Waals surface area contributed by atoms with E-state index in [0.29, 0.717) is 24.4 Å². The highest BCUT2D eigenvalue weighted by atomic mass is 16.5. The van der Waals surface area contributed by atoms with Crippen molar-refractivity contribution in [1.82, 2.24) is 19.8 Å². The van der Waals surface area contributed by atoms with E-state index >= 15 is 0 Å². The summed E-state index contributed by atoms with van der Waals surface area (Å²) in [7, 11) is 3.66. The summed E-state index contributed by atoms with van der Waals surface area (Å²) in [6.07, 6.45) is 3.55. The number of nitrogens with zero attached hydrogens (tertiary/aromatic N) is 3. The summed E-state index contributed by atoms with van der Waals surface area (Å²) in [6.45, 7) is 2.16. The lowest BCUT2D eigenvalue weighted by atomic mass is 10.1. The van der Waals surface area contributed by atoms with Gasteiger partial charge in [0.25, 0.3) is 5.91 Å². The summed E-state index contributed by atoms with van der Waals surface area (Å²) >= 11 is 0. The molecule has 1 fully saturated rings. The first-order chi connectivity index (χ1) is 10.7. The van der Waals surface area contributed by atoms with Gasteiger partial charge in [-0.3, -0.25) is 9.69 Å². The Morgan fingerprint density at radius 1 is 1.41 bits per heavy atom. The third kappa shape index (κ3) is 2.82. The van der Waals surface area contributed by atoms with E-state index < -0.39 is 0 Å². The zero-order valence-electron chi connectivity index (χ0n) is 12.8. The zero-order valence-corrected chi connectivity index (χ0v) is 12.8. The number of carbonyl (C=O) groups excluding carboxylic acids is 1. The van der Waals surface area contributed by atoms with E-state index in [1.54, 1.807) is 19.4 Å². The molecular formula is C16H20N4O2. The molecule has 1 aromatic carbocycles. The molecule has 0 aliphatic carbocycles. The number of piperazine rings is 1. The van der Waals surface area contributed by atoms with E-state index in [0.717, 1.165) is 12.4 Å². The van der Waals surface area contributed by atoms with Crippen LogP contribution in [0.15, 0.2) is 36.7 Å². The normalized spacial score (nSPS) is 19.2. The van der Waals surface area contributed by atoms with Crippen molar-refractivity contribution in [3.63, 3.8) is 0 Å². The Morgan fingerprint density at radius 2 is 2.27 bits per heavy atom. The molecule has 0 spiro atoms. The van der Waals surface area contributed by atoms with Crippen molar-refractivity contribution in [1.29, 1.82) is 0 Å². The van der Waals surface area contributed by atoms with Crippen molar-refractivity contribution in [2.75, 3.05) is 33.8 Å². The highest BCUT2D eigenvalue weighted by Crippen LogP contribution is 2.23. The monoisotopic (exact) mass is 300 g/mol. The van der Waals surface area contributed by atoms with Crippen LogP contribution in [0.2, 0.25) is 0 Å². The molecule has 3 rings (SSSR count). The molecule has 116 valence electrons. The summed E-state index contributed by atoms with van der Waals surface area (Å²) in [6, 6.07) is 7.38. The van der Waals surface area contributed by atoms with Crippen LogP contribution >= 0.6 is 0 Å². The van der Waals surface area contributed by atoms with Crippen LogP contribution in [-0.2, 0) is 0 Å². The van der Waals surface area contributed by atoms with Crippen LogP contribution in [0.4, 0.5) is 0 Å². The predicted molar refractivity (Wildman–Crippen MR) is 82.9 cm³/mol. The maximum absolute atomic E-state index is 12.7. The number of H-pyrrole nitrogens is 1. The highest BCUT2D eigenvalue weighted by molar-refractivity contribution is 5.94. The van der Waals surface area contributed by atoms with Crippen LogP contribution in [-0.4, -0.2) is 59.5 Å². The number of ether oxygens (including phenoxy) is 1. The van der Waals surface area contributed by atoms with Gasteiger partial charge in [0, 0.05) is 37.6 Å². The molecular weight excluding hydrogens is 280 g/mol. The molecule has 1 aliphatic rings. The van der Waals surface area contributed by atoms with E-state index in [2.05, 4.69) is 21.9 Å². The fourth-order valence-corrected chi connectivity index (χ4v) is 2.75. The van der Waals surface area contributed by atoms with Gasteiger partial charge in [0.2, 0.25) is 0 Å². The van der Waals surface area contributed by atoms with Crippen molar-refractivity contribution < 1.29 is 9.53 Å². The lowest BCUT2D eigenvalue weighted by molar-refractivity contribution is 0.0534. The van der Waals surface area contributed by atoms with E-state index in [1.165, 1.54) is 0 Å². The quantitative estimate of drug-likeness (QED) is 0.934. The fourth-order valence-electron chi connectivity index (χ4n) is 2.75. The lowest BCUT2D eigenvalue weighted by Gasteiger charge is -2.38. The van der Waals surface area contributed by atoms with Crippen LogP contribution in [0.3, 0.4) is 0 Å². The predicted octanol–water partition coefficient (Wildman–Crippen LogP) is 1.55. The molecule has 0 saturated carbocycles. The van der Waals surface area contributed by atoms with Crippen molar-refractivity contribution >= 4 is 5.91 Å². The van der Waals surface area contributed by atoms with Crippen molar-refractivity contribution in [2.24, 2.45) is 0 Å². The van der Waals surface area contributed by atoms with E-state index in [9.17, 15) is 4.79 Å². The number of methoxy groups -OCH3 is 1. The average molecular weight is 300 g/mol. The number of benzene rings is 1. The number of aromatic amines is 1. The van der Waals surface area contributed by atoms with Gasteiger partial charge in [-0.05, 0) is 25.2 Å². The first kappa shape index (κ1) is 14.6. The highest BCUT2D eigenvalue weighted by Gasteiger charge is 2.30. The van der Waals surface area contributed by atoms with Gasteiger partial charge in [-0.15, -0.1) is 0 Å². The number of imidazole rings is 1. The summed E-state index contributed by atoms with van der Waals surface area (Å²) in [5, 5.41) is 0. The molecule has 0 unspecified atom stereocenters. The molecule has 1 amide bonds. The Kier molecular flexibility index (Phi) is 4.11. The van der Waals surface area contributed by atoms with Crippen LogP contribution < -0.4 is 4.74 Å². The number of hydrogen-bond acceptors (Lipinski definition) is 4. The summed E-state index contributed by atoms with van der Waals surface area (Å²) < 4.78 is 5.20. The summed E-state index contributed by atoms with van der Waals surface area (Å²) in [5.41, 5.74) is 0.655. The van der Waals surface area contributed by atoms with E-state index in [4.69, 9.17) is 4.74 Å². The Morgan fingerprint density at radius 3 is 3.00 bits per heavy atom. The number of nitrogens with one attached hydrogen (secondary N) is 1. The van der Waals surface area contributed by atoms with E-state index in [1.807, 2.05) is 29.3 Å². The first-order valence-electron chi connectivity index (χ1n) is 7.32. The molecule has 2 aromatic rings. The lowest BCUT2D eigenvalue weighted by Crippen LogP contribution is -2.49. The molecule has 6 nitrogen and oxygen atoms in total. The van der Waals surface area contributed by atoms with Crippen LogP contribution in [0.1, 0.15) is 22.2 Å². The Balaban J connectivity index is 1.78. The number of likely N-dealkylation sites (N-methyl/N-ethyl adjacent to an activating group) is 1. The van der Waals surface area contributed by atoms with Crippen molar-refractivity contribution in [3.8, 4) is 5.75 Å². The molecule has 0 radical (unpaired) electrons. The number of amides is 1. The molecule has 1 aliphatic heterocycles. The Labute approximate surface area is 129 Å². The fraction of sp³-hybridized carbons (Fsp3) is 0.375. The minimum Gasteiger partial charge on any atom is -0.497 e. The van der Waals surface area contributed by atoms with E-state index in [-0.39, 0.29) is 11.9 Å². The molecule has 0 bridgehead atoms. The molecule has 1 aromatic heterocycles. The van der Waals surface area contributed by atoms with Crippen LogP contribution in [0.25, 0.3) is 0 Å². The molecule has 1 atom stereocenters. The van der Waals surface area contributed by atoms with Gasteiger partial charge >= 0.3 is 0 Å². The van der Waals surface area contributed by atoms with Crippen LogP contribution in [0, 0.1) is 0 Å². The summed E-state index contributed by atoms with van der Waals surface area (Å²) in [4.78, 5) is 24.3. The van der Waals surface area contributed by atoms with Crippen LogP contribution in [0.5, 0.6) is 5.75 Å². The molecule has 1 saturated heterocycles. The standard InChI is InChI=1S/C16H20N4O2/c1-19-8-9-20(11-14(19)15-17-6-7-18-15)16(21)12-4-3-5-13(10-12)22-2/h3-7,10,14H,8-9,11H2,1-2H3,(H,17,18)/t14-/m0/s1. The summed E-state index contributed by atoms with van der Waals surface area (Å²) in [5.74, 6) is 1.62. The smallest absolute Gasteiger partial charge is 0.254 e. The van der Waals surface area contributed by atoms with Crippen molar-refractivity contribution in [3.05, 3.63) is 48.0 Å². The number of rotatable bonds is 3. The number of aromatic nitrogens is 2. The van der Waals surface area contributed by atoms with Gasteiger partial charge in [-0.2, -0.15) is 0 Å². The van der Waals surface area contributed by atoms with Gasteiger partial charge in [0.15, 0.2) is 0 Å². The average Bonchev–Trinajstić information content (AvgIpc) is 3.09. The molecule has 22 heavy (non-hydrogen) atoms. The number of carbonyl (C=O) groups is 1. The second-order valence-electron chi connectivity index (χ2n) is 5.45. The number of hydrogen-bond donors (Lipinski definition) is 1. The zero-order chi connectivity index (χ0) is 15.5. The second kappa shape index (κ2) is 6.19. The molecule has 6 heteroatoms. The molecule has 2 heterocycles. The topological polar surface area (TPSA) is 61.5 Å². The van der Waals surface area contributed by atoms with Crippen molar-refractivity contribution in [2.45, 2.75) is 6.04 Å². The first-order valence-corrected chi connectivity index (χ1v) is 7.32. The van der Waals surface area contributed by atoms with Gasteiger partial charge < -0.3 is 14.6 Å². The maximum atomic E-state index is 12.7. The molecule has 1 N–H and O–H groups in total. The second-order valence-corrected chi connectivity index (χ2v) is 5.45. The maximum Gasteiger partial charge on any atom is 0.254 e. The SMILES string of the molecule is COc1cccc(C(=O)N2CCN(C)[C@H](c3ncc[nH]3)C2)c1. The minimum absolute atomic E-state index is 0.0311. The largest absolute Gasteiger partial charge is 0.497 e. The van der Waals surface area contributed by atoms with Gasteiger partial charge in [-0.25, -0.2) is 4.98 Å². The van der Waals surface area contributed by atoms with Gasteiger partial charge in [0.1, 0.15) is 11.6 Å². The third-order valence-corrected chi connectivity index (χ3v) is 4.09. The third-order valence-electron chi connectivity index (χ3n) is 4.09. The van der Waals surface area contributed by atoms with Gasteiger partial charge in [0.05, 0.1) is 13.2 Å². The minimum atomic E-state index is 0.0311. The Bertz CT molecular complexity index is 641. The van der Waals surface area contributed by atoms with Gasteiger partial charge in [-0.1, -0.05) is 6.07 Å².